The molecule has 0 fully saturated rings. The minimum Gasteiger partial charge on any atom is -0.497 e. The highest BCUT2D eigenvalue weighted by atomic mass is 16.5. The van der Waals surface area contributed by atoms with E-state index >= 15 is 0 Å². The van der Waals surface area contributed by atoms with Gasteiger partial charge in [-0.3, -0.25) is 4.79 Å². The van der Waals surface area contributed by atoms with Gasteiger partial charge in [0.25, 0.3) is 0 Å². The smallest absolute Gasteiger partial charge is 0.305 e. The Morgan fingerprint density at radius 1 is 1.16 bits per heavy atom. The molecular formula is C16H24O3. The molecule has 1 rings (SSSR count). The van der Waals surface area contributed by atoms with Crippen LogP contribution in [-0.4, -0.2) is 19.7 Å². The third-order valence-corrected chi connectivity index (χ3v) is 3.23. The second-order valence-corrected chi connectivity index (χ2v) is 4.60. The predicted molar refractivity (Wildman–Crippen MR) is 76.5 cm³/mol. The van der Waals surface area contributed by atoms with E-state index in [1.54, 1.807) is 7.11 Å². The molecule has 0 saturated carbocycles. The second kappa shape index (κ2) is 8.57. The first-order valence-electron chi connectivity index (χ1n) is 7.00. The maximum Gasteiger partial charge on any atom is 0.305 e. The molecule has 1 atom stereocenters. The Morgan fingerprint density at radius 2 is 1.84 bits per heavy atom. The minimum atomic E-state index is -0.0999. The lowest BCUT2D eigenvalue weighted by atomic mass is 9.90. The van der Waals surface area contributed by atoms with E-state index in [0.29, 0.717) is 18.9 Å². The van der Waals surface area contributed by atoms with Crippen LogP contribution < -0.4 is 4.74 Å². The Morgan fingerprint density at radius 3 is 2.37 bits per heavy atom. The van der Waals surface area contributed by atoms with Crippen LogP contribution in [0.3, 0.4) is 0 Å². The Labute approximate surface area is 115 Å². The SMILES string of the molecule is CCC[C@@H](CCC(=O)OCC)c1ccc(OC)cc1. The van der Waals surface area contributed by atoms with Gasteiger partial charge in [0.2, 0.25) is 0 Å². The summed E-state index contributed by atoms with van der Waals surface area (Å²) in [6, 6.07) is 8.12. The average molecular weight is 264 g/mol. The first-order chi connectivity index (χ1) is 9.21. The normalized spacial score (nSPS) is 11.9. The Balaban J connectivity index is 2.62. The molecule has 0 heterocycles. The Hall–Kier alpha value is -1.51. The molecular weight excluding hydrogens is 240 g/mol. The molecule has 3 heteroatoms. The summed E-state index contributed by atoms with van der Waals surface area (Å²) in [4.78, 5) is 11.4. The maximum absolute atomic E-state index is 11.4. The monoisotopic (exact) mass is 264 g/mol. The number of methoxy groups -OCH3 is 1. The molecule has 1 aromatic rings. The summed E-state index contributed by atoms with van der Waals surface area (Å²) in [5.74, 6) is 1.18. The summed E-state index contributed by atoms with van der Waals surface area (Å²) < 4.78 is 10.1. The van der Waals surface area contributed by atoms with Crippen molar-refractivity contribution >= 4 is 5.97 Å². The third-order valence-electron chi connectivity index (χ3n) is 3.23. The van der Waals surface area contributed by atoms with Gasteiger partial charge in [0.15, 0.2) is 0 Å². The summed E-state index contributed by atoms with van der Waals surface area (Å²) in [7, 11) is 1.67. The second-order valence-electron chi connectivity index (χ2n) is 4.60. The molecule has 0 aliphatic rings. The molecule has 0 radical (unpaired) electrons. The van der Waals surface area contributed by atoms with Gasteiger partial charge in [-0.05, 0) is 43.4 Å². The Bertz CT molecular complexity index is 370. The number of esters is 1. The van der Waals surface area contributed by atoms with E-state index in [-0.39, 0.29) is 5.97 Å². The summed E-state index contributed by atoms with van der Waals surface area (Å²) in [6.45, 7) is 4.46. The van der Waals surface area contributed by atoms with Crippen LogP contribution in [0.1, 0.15) is 51.0 Å². The summed E-state index contributed by atoms with van der Waals surface area (Å²) in [6.07, 6.45) is 3.54. The number of carbonyl (C=O) groups is 1. The van der Waals surface area contributed by atoms with Gasteiger partial charge in [-0.25, -0.2) is 0 Å². The predicted octanol–water partition coefficient (Wildman–Crippen LogP) is 3.92. The van der Waals surface area contributed by atoms with Crippen molar-refractivity contribution in [3.05, 3.63) is 29.8 Å². The van der Waals surface area contributed by atoms with E-state index < -0.39 is 0 Å². The van der Waals surface area contributed by atoms with E-state index in [1.807, 2.05) is 19.1 Å². The molecule has 0 amide bonds. The van der Waals surface area contributed by atoms with Crippen LogP contribution in [0.15, 0.2) is 24.3 Å². The van der Waals surface area contributed by atoms with E-state index in [0.717, 1.165) is 25.0 Å². The van der Waals surface area contributed by atoms with Crippen LogP contribution in [0, 0.1) is 0 Å². The van der Waals surface area contributed by atoms with Crippen LogP contribution in [0.25, 0.3) is 0 Å². The van der Waals surface area contributed by atoms with Crippen molar-refractivity contribution < 1.29 is 14.3 Å². The fourth-order valence-corrected chi connectivity index (χ4v) is 2.23. The van der Waals surface area contributed by atoms with Crippen LogP contribution in [-0.2, 0) is 9.53 Å². The van der Waals surface area contributed by atoms with Crippen molar-refractivity contribution in [2.24, 2.45) is 0 Å². The van der Waals surface area contributed by atoms with Crippen LogP contribution in [0.4, 0.5) is 0 Å². The van der Waals surface area contributed by atoms with Crippen molar-refractivity contribution in [2.45, 2.75) is 45.4 Å². The van der Waals surface area contributed by atoms with Crippen molar-refractivity contribution in [2.75, 3.05) is 13.7 Å². The number of benzene rings is 1. The molecule has 0 N–H and O–H groups in total. The van der Waals surface area contributed by atoms with Gasteiger partial charge in [0, 0.05) is 6.42 Å². The molecule has 0 unspecified atom stereocenters. The quantitative estimate of drug-likeness (QED) is 0.667. The molecule has 19 heavy (non-hydrogen) atoms. The molecule has 0 aromatic heterocycles. The molecule has 0 aliphatic heterocycles. The number of hydrogen-bond donors (Lipinski definition) is 0. The fraction of sp³-hybridized carbons (Fsp3) is 0.562. The molecule has 3 nitrogen and oxygen atoms in total. The average Bonchev–Trinajstić information content (AvgIpc) is 2.44. The lowest BCUT2D eigenvalue weighted by Gasteiger charge is -2.16. The topological polar surface area (TPSA) is 35.5 Å². The number of carbonyl (C=O) groups excluding carboxylic acids is 1. The third kappa shape index (κ3) is 5.33. The van der Waals surface area contributed by atoms with E-state index in [1.165, 1.54) is 5.56 Å². The number of rotatable bonds is 8. The maximum atomic E-state index is 11.4. The zero-order chi connectivity index (χ0) is 14.1. The first kappa shape index (κ1) is 15.5. The fourth-order valence-electron chi connectivity index (χ4n) is 2.23. The molecule has 0 spiro atoms. The minimum absolute atomic E-state index is 0.0999. The van der Waals surface area contributed by atoms with Gasteiger partial charge in [-0.15, -0.1) is 0 Å². The van der Waals surface area contributed by atoms with Gasteiger partial charge in [0.05, 0.1) is 13.7 Å². The first-order valence-corrected chi connectivity index (χ1v) is 7.00. The molecule has 0 saturated heterocycles. The van der Waals surface area contributed by atoms with E-state index in [9.17, 15) is 4.79 Å². The van der Waals surface area contributed by atoms with Crippen LogP contribution >= 0.6 is 0 Å². The number of ether oxygens (including phenoxy) is 2. The van der Waals surface area contributed by atoms with Crippen LogP contribution in [0.5, 0.6) is 5.75 Å². The lowest BCUT2D eigenvalue weighted by Crippen LogP contribution is -2.07. The zero-order valence-electron chi connectivity index (χ0n) is 12.1. The van der Waals surface area contributed by atoms with Crippen molar-refractivity contribution in [1.29, 1.82) is 0 Å². The Kier molecular flexibility index (Phi) is 7.01. The van der Waals surface area contributed by atoms with E-state index in [2.05, 4.69) is 19.1 Å². The van der Waals surface area contributed by atoms with E-state index in [4.69, 9.17) is 9.47 Å². The van der Waals surface area contributed by atoms with Gasteiger partial charge in [-0.2, -0.15) is 0 Å². The van der Waals surface area contributed by atoms with Gasteiger partial charge < -0.3 is 9.47 Å². The molecule has 106 valence electrons. The standard InChI is InChI=1S/C16H24O3/c1-4-6-13(9-12-16(17)19-5-2)14-7-10-15(18-3)11-8-14/h7-8,10-11,13H,4-6,9,12H2,1-3H3/t13-/m0/s1. The largest absolute Gasteiger partial charge is 0.497 e. The van der Waals surface area contributed by atoms with Crippen molar-refractivity contribution in [3.8, 4) is 5.75 Å². The van der Waals surface area contributed by atoms with Gasteiger partial charge in [-0.1, -0.05) is 25.5 Å². The summed E-state index contributed by atoms with van der Waals surface area (Å²) >= 11 is 0. The van der Waals surface area contributed by atoms with Gasteiger partial charge >= 0.3 is 5.97 Å². The highest BCUT2D eigenvalue weighted by Crippen LogP contribution is 2.28. The lowest BCUT2D eigenvalue weighted by molar-refractivity contribution is -0.143. The van der Waals surface area contributed by atoms with Crippen molar-refractivity contribution in [1.82, 2.24) is 0 Å². The van der Waals surface area contributed by atoms with Crippen molar-refractivity contribution in [3.63, 3.8) is 0 Å². The highest BCUT2D eigenvalue weighted by molar-refractivity contribution is 5.69. The molecule has 0 bridgehead atoms. The summed E-state index contributed by atoms with van der Waals surface area (Å²) in [5, 5.41) is 0. The zero-order valence-corrected chi connectivity index (χ0v) is 12.1. The number of hydrogen-bond acceptors (Lipinski definition) is 3. The van der Waals surface area contributed by atoms with Gasteiger partial charge in [0.1, 0.15) is 5.75 Å². The van der Waals surface area contributed by atoms with Crippen LogP contribution in [0.2, 0.25) is 0 Å². The molecule has 0 aliphatic carbocycles. The summed E-state index contributed by atoms with van der Waals surface area (Å²) in [5.41, 5.74) is 1.27. The highest BCUT2D eigenvalue weighted by Gasteiger charge is 2.13. The molecule has 1 aromatic carbocycles.